The first-order chi connectivity index (χ1) is 11.1. The van der Waals surface area contributed by atoms with Gasteiger partial charge in [-0.25, -0.2) is 4.98 Å². The summed E-state index contributed by atoms with van der Waals surface area (Å²) in [5.41, 5.74) is 0.701. The van der Waals surface area contributed by atoms with Crippen molar-refractivity contribution >= 4 is 11.5 Å². The van der Waals surface area contributed by atoms with Crippen LogP contribution in [0.4, 0.5) is 11.5 Å². The van der Waals surface area contributed by atoms with Crippen LogP contribution in [0.1, 0.15) is 49.3 Å². The van der Waals surface area contributed by atoms with E-state index in [2.05, 4.69) is 16.8 Å². The van der Waals surface area contributed by atoms with Crippen LogP contribution in [-0.4, -0.2) is 16.5 Å². The molecule has 3 rings (SSSR count). The van der Waals surface area contributed by atoms with Gasteiger partial charge >= 0.3 is 0 Å². The van der Waals surface area contributed by atoms with Crippen LogP contribution in [0.5, 0.6) is 0 Å². The van der Waals surface area contributed by atoms with Gasteiger partial charge in [-0.3, -0.25) is 10.1 Å². The maximum Gasteiger partial charge on any atom is 0.290 e. The smallest absolute Gasteiger partial charge is 0.290 e. The molecule has 0 aliphatic carbocycles. The molecule has 6 heteroatoms. The highest BCUT2D eigenvalue weighted by molar-refractivity contribution is 5.50. The SMILES string of the molecule is CCc1ccc(C2CCCCN2c2cc(C)c([N+](=O)[O-])cn2)o1. The lowest BCUT2D eigenvalue weighted by Gasteiger charge is -2.35. The third-order valence-corrected chi connectivity index (χ3v) is 4.42. The maximum atomic E-state index is 11.0. The number of pyridine rings is 1. The molecule has 0 radical (unpaired) electrons. The Hall–Kier alpha value is -2.37. The minimum Gasteiger partial charge on any atom is -0.464 e. The lowest BCUT2D eigenvalue weighted by molar-refractivity contribution is -0.385. The van der Waals surface area contributed by atoms with Crippen molar-refractivity contribution in [1.29, 1.82) is 0 Å². The fourth-order valence-corrected chi connectivity index (χ4v) is 3.15. The van der Waals surface area contributed by atoms with Crippen LogP contribution in [0.2, 0.25) is 0 Å². The van der Waals surface area contributed by atoms with Crippen LogP contribution in [0.25, 0.3) is 0 Å². The highest BCUT2D eigenvalue weighted by Gasteiger charge is 2.28. The molecule has 0 amide bonds. The van der Waals surface area contributed by atoms with E-state index in [4.69, 9.17) is 4.42 Å². The number of aromatic nitrogens is 1. The van der Waals surface area contributed by atoms with E-state index in [9.17, 15) is 10.1 Å². The average Bonchev–Trinajstić information content (AvgIpc) is 3.03. The van der Waals surface area contributed by atoms with Crippen molar-refractivity contribution < 1.29 is 9.34 Å². The number of hydrogen-bond donors (Lipinski definition) is 0. The predicted molar refractivity (Wildman–Crippen MR) is 87.7 cm³/mol. The molecular formula is C17H21N3O3. The summed E-state index contributed by atoms with van der Waals surface area (Å²) in [4.78, 5) is 17.1. The van der Waals surface area contributed by atoms with Crippen LogP contribution in [0, 0.1) is 17.0 Å². The second-order valence-corrected chi connectivity index (χ2v) is 5.95. The monoisotopic (exact) mass is 315 g/mol. The molecule has 0 N–H and O–H groups in total. The van der Waals surface area contributed by atoms with Crippen LogP contribution in [0.15, 0.2) is 28.8 Å². The van der Waals surface area contributed by atoms with Gasteiger partial charge in [0.1, 0.15) is 23.5 Å². The van der Waals surface area contributed by atoms with Crippen molar-refractivity contribution in [2.24, 2.45) is 0 Å². The lowest BCUT2D eigenvalue weighted by Crippen LogP contribution is -2.33. The van der Waals surface area contributed by atoms with Crippen molar-refractivity contribution in [2.45, 2.75) is 45.6 Å². The number of nitrogens with zero attached hydrogens (tertiary/aromatic N) is 3. The number of nitro groups is 1. The van der Waals surface area contributed by atoms with Crippen LogP contribution in [0.3, 0.4) is 0 Å². The number of aryl methyl sites for hydroxylation is 2. The zero-order valence-corrected chi connectivity index (χ0v) is 13.5. The Kier molecular flexibility index (Phi) is 4.32. The van der Waals surface area contributed by atoms with Crippen LogP contribution >= 0.6 is 0 Å². The summed E-state index contributed by atoms with van der Waals surface area (Å²) in [7, 11) is 0. The summed E-state index contributed by atoms with van der Waals surface area (Å²) in [6.07, 6.45) is 5.48. The van der Waals surface area contributed by atoms with Gasteiger partial charge in [0.05, 0.1) is 11.0 Å². The van der Waals surface area contributed by atoms with E-state index >= 15 is 0 Å². The first-order valence-electron chi connectivity index (χ1n) is 8.06. The summed E-state index contributed by atoms with van der Waals surface area (Å²) >= 11 is 0. The van der Waals surface area contributed by atoms with E-state index in [0.717, 1.165) is 49.6 Å². The number of anilines is 1. The lowest BCUT2D eigenvalue weighted by atomic mass is 10.00. The van der Waals surface area contributed by atoms with Gasteiger partial charge in [0, 0.05) is 18.5 Å². The van der Waals surface area contributed by atoms with Crippen LogP contribution in [-0.2, 0) is 6.42 Å². The summed E-state index contributed by atoms with van der Waals surface area (Å²) in [5.74, 6) is 2.73. The first kappa shape index (κ1) is 15.5. The standard InChI is InChI=1S/C17H21N3O3/c1-3-13-7-8-16(23-13)14-6-4-5-9-19(14)17-10-12(2)15(11-18-17)20(21)22/h7-8,10-11,14H,3-6,9H2,1-2H3. The normalized spacial score (nSPS) is 18.2. The molecule has 122 valence electrons. The second-order valence-electron chi connectivity index (χ2n) is 5.95. The molecule has 1 aliphatic heterocycles. The number of piperidine rings is 1. The van der Waals surface area contributed by atoms with E-state index in [1.807, 2.05) is 12.1 Å². The molecule has 3 heterocycles. The summed E-state index contributed by atoms with van der Waals surface area (Å²) < 4.78 is 5.94. The second kappa shape index (κ2) is 6.40. The van der Waals surface area contributed by atoms with Gasteiger partial charge in [0.2, 0.25) is 0 Å². The summed E-state index contributed by atoms with van der Waals surface area (Å²) in [5, 5.41) is 11.0. The quantitative estimate of drug-likeness (QED) is 0.625. The van der Waals surface area contributed by atoms with E-state index in [1.54, 1.807) is 13.0 Å². The molecule has 0 saturated carbocycles. The van der Waals surface area contributed by atoms with Crippen molar-refractivity contribution in [1.82, 2.24) is 4.98 Å². The molecule has 6 nitrogen and oxygen atoms in total. The predicted octanol–water partition coefficient (Wildman–Crippen LogP) is 4.19. The minimum absolute atomic E-state index is 0.0635. The molecule has 1 fully saturated rings. The largest absolute Gasteiger partial charge is 0.464 e. The number of furan rings is 1. The highest BCUT2D eigenvalue weighted by Crippen LogP contribution is 2.36. The summed E-state index contributed by atoms with van der Waals surface area (Å²) in [6, 6.07) is 6.02. The van der Waals surface area contributed by atoms with Crippen molar-refractivity contribution in [2.75, 3.05) is 11.4 Å². The Morgan fingerprint density at radius 2 is 2.26 bits per heavy atom. The van der Waals surface area contributed by atoms with E-state index in [-0.39, 0.29) is 16.7 Å². The third-order valence-electron chi connectivity index (χ3n) is 4.42. The topological polar surface area (TPSA) is 72.4 Å². The molecular weight excluding hydrogens is 294 g/mol. The summed E-state index contributed by atoms with van der Waals surface area (Å²) in [6.45, 7) is 4.71. The van der Waals surface area contributed by atoms with E-state index < -0.39 is 0 Å². The minimum atomic E-state index is -0.389. The zero-order valence-electron chi connectivity index (χ0n) is 13.5. The van der Waals surface area contributed by atoms with Gasteiger partial charge in [-0.05, 0) is 44.4 Å². The fourth-order valence-electron chi connectivity index (χ4n) is 3.15. The van der Waals surface area contributed by atoms with Gasteiger partial charge in [-0.1, -0.05) is 6.92 Å². The fraction of sp³-hybridized carbons (Fsp3) is 0.471. The highest BCUT2D eigenvalue weighted by atomic mass is 16.6. The molecule has 23 heavy (non-hydrogen) atoms. The first-order valence-corrected chi connectivity index (χ1v) is 8.06. The third kappa shape index (κ3) is 3.06. The molecule has 0 aromatic carbocycles. The molecule has 0 bridgehead atoms. The molecule has 1 saturated heterocycles. The Bertz CT molecular complexity index is 711. The van der Waals surface area contributed by atoms with Crippen molar-refractivity contribution in [3.05, 3.63) is 51.6 Å². The maximum absolute atomic E-state index is 11.0. The zero-order chi connectivity index (χ0) is 16.4. The van der Waals surface area contributed by atoms with Gasteiger partial charge in [-0.15, -0.1) is 0 Å². The van der Waals surface area contributed by atoms with Crippen molar-refractivity contribution in [3.63, 3.8) is 0 Å². The van der Waals surface area contributed by atoms with E-state index in [0.29, 0.717) is 5.56 Å². The Labute approximate surface area is 135 Å². The van der Waals surface area contributed by atoms with Gasteiger partial charge < -0.3 is 9.32 Å². The van der Waals surface area contributed by atoms with Gasteiger partial charge in [0.15, 0.2) is 0 Å². The Morgan fingerprint density at radius 3 is 2.91 bits per heavy atom. The van der Waals surface area contributed by atoms with E-state index in [1.165, 1.54) is 6.20 Å². The van der Waals surface area contributed by atoms with Gasteiger partial charge in [0.25, 0.3) is 5.69 Å². The van der Waals surface area contributed by atoms with Crippen molar-refractivity contribution in [3.8, 4) is 0 Å². The van der Waals surface area contributed by atoms with Gasteiger partial charge in [-0.2, -0.15) is 0 Å². The molecule has 0 spiro atoms. The van der Waals surface area contributed by atoms with Crippen LogP contribution < -0.4 is 4.90 Å². The molecule has 1 aliphatic rings. The Balaban J connectivity index is 1.92. The number of rotatable bonds is 4. The molecule has 1 atom stereocenters. The Morgan fingerprint density at radius 1 is 1.43 bits per heavy atom. The molecule has 2 aromatic heterocycles. The molecule has 1 unspecified atom stereocenters. The average molecular weight is 315 g/mol. The number of hydrogen-bond acceptors (Lipinski definition) is 5. The molecule has 2 aromatic rings.